The molecule has 2 heterocycles. The summed E-state index contributed by atoms with van der Waals surface area (Å²) < 4.78 is 16.4. The van der Waals surface area contributed by atoms with Crippen molar-refractivity contribution in [3.63, 3.8) is 0 Å². The second kappa shape index (κ2) is 6.75. The first-order chi connectivity index (χ1) is 11.0. The molecule has 1 aliphatic heterocycles. The number of allylic oxidation sites excluding steroid dienone is 1. The number of thiophene rings is 1. The quantitative estimate of drug-likeness (QED) is 0.564. The Morgan fingerprint density at radius 2 is 2.35 bits per heavy atom. The number of nitrogens with zero attached hydrogens (tertiary/aromatic N) is 2. The minimum absolute atomic E-state index is 0.167. The van der Waals surface area contributed by atoms with Crippen molar-refractivity contribution in [3.8, 4) is 6.07 Å². The van der Waals surface area contributed by atoms with Crippen LogP contribution in [0.4, 0.5) is 10.1 Å². The average Bonchev–Trinajstić information content (AvgIpc) is 2.86. The van der Waals surface area contributed by atoms with E-state index in [2.05, 4.69) is 40.6 Å². The molecule has 0 saturated carbocycles. The summed E-state index contributed by atoms with van der Waals surface area (Å²) in [5, 5.41) is 13.6. The summed E-state index contributed by atoms with van der Waals surface area (Å²) in [6, 6.07) is 7.90. The highest BCUT2D eigenvalue weighted by atomic mass is 127. The third-order valence-electron chi connectivity index (χ3n) is 4.19. The molecule has 23 heavy (non-hydrogen) atoms. The Balaban J connectivity index is 1.96. The first kappa shape index (κ1) is 16.7. The first-order valence-corrected chi connectivity index (χ1v) is 9.30. The fourth-order valence-electron chi connectivity index (χ4n) is 2.96. The summed E-state index contributed by atoms with van der Waals surface area (Å²) in [7, 11) is 1.95. The third kappa shape index (κ3) is 3.23. The van der Waals surface area contributed by atoms with Gasteiger partial charge in [-0.05, 0) is 42.1 Å². The maximum Gasteiger partial charge on any atom is 0.133 e. The molecule has 1 aliphatic rings. The number of likely N-dealkylation sites (tertiary alicyclic amines) is 1. The van der Waals surface area contributed by atoms with E-state index in [1.807, 2.05) is 30.1 Å². The molecule has 2 aromatic rings. The van der Waals surface area contributed by atoms with Crippen LogP contribution in [-0.2, 0) is 0 Å². The lowest BCUT2D eigenvalue weighted by Crippen LogP contribution is -2.46. The largest absolute Gasteiger partial charge is 0.378 e. The predicted molar refractivity (Wildman–Crippen MR) is 104 cm³/mol. The Labute approximate surface area is 152 Å². The Bertz CT molecular complexity index is 795. The lowest BCUT2D eigenvalue weighted by Gasteiger charge is -2.33. The summed E-state index contributed by atoms with van der Waals surface area (Å²) in [6.45, 7) is 5.21. The van der Waals surface area contributed by atoms with Crippen molar-refractivity contribution in [1.82, 2.24) is 4.90 Å². The van der Waals surface area contributed by atoms with Crippen LogP contribution in [0.3, 0.4) is 0 Å². The molecule has 1 aromatic heterocycles. The maximum atomic E-state index is 14.3. The van der Waals surface area contributed by atoms with Crippen LogP contribution in [0, 0.1) is 14.2 Å². The molecule has 3 rings (SSSR count). The first-order valence-electron chi connectivity index (χ1n) is 7.40. The number of alkyl halides is 1. The van der Waals surface area contributed by atoms with Crippen LogP contribution < -0.4 is 5.32 Å². The highest BCUT2D eigenvalue weighted by Gasteiger charge is 2.28. The summed E-state index contributed by atoms with van der Waals surface area (Å²) in [4.78, 5) is 2.02. The van der Waals surface area contributed by atoms with E-state index in [-0.39, 0.29) is 6.04 Å². The summed E-state index contributed by atoms with van der Waals surface area (Å²) in [5.41, 5.74) is 2.32. The van der Waals surface area contributed by atoms with Crippen LogP contribution >= 0.6 is 33.9 Å². The number of rotatable bonds is 3. The predicted octanol–water partition coefficient (Wildman–Crippen LogP) is 4.50. The minimum Gasteiger partial charge on any atom is -0.378 e. The number of piperidine rings is 1. The molecule has 0 aliphatic carbocycles. The number of hydrogen-bond acceptors (Lipinski definition) is 4. The van der Waals surface area contributed by atoms with Crippen LogP contribution in [0.15, 0.2) is 24.8 Å². The van der Waals surface area contributed by atoms with Gasteiger partial charge in [0.15, 0.2) is 0 Å². The van der Waals surface area contributed by atoms with E-state index >= 15 is 0 Å². The fraction of sp³-hybridized carbons (Fsp3) is 0.353. The smallest absolute Gasteiger partial charge is 0.133 e. The molecule has 1 aromatic carbocycles. The molecule has 3 nitrogen and oxygen atoms in total. The Morgan fingerprint density at radius 3 is 3.04 bits per heavy atom. The van der Waals surface area contributed by atoms with Gasteiger partial charge in [0, 0.05) is 24.0 Å². The number of hydrogen-bond donors (Lipinski definition) is 1. The fourth-order valence-corrected chi connectivity index (χ4v) is 5.27. The van der Waals surface area contributed by atoms with Crippen molar-refractivity contribution in [2.75, 3.05) is 25.5 Å². The van der Waals surface area contributed by atoms with Crippen LogP contribution in [0.1, 0.15) is 12.0 Å². The zero-order valence-electron chi connectivity index (χ0n) is 12.8. The number of fused-ring (bicyclic) bond motifs is 1. The van der Waals surface area contributed by atoms with E-state index in [4.69, 9.17) is 5.26 Å². The van der Waals surface area contributed by atoms with Crippen molar-refractivity contribution in [2.45, 2.75) is 18.6 Å². The van der Waals surface area contributed by atoms with Gasteiger partial charge in [-0.2, -0.15) is 5.26 Å². The Morgan fingerprint density at radius 1 is 1.57 bits per heavy atom. The van der Waals surface area contributed by atoms with Gasteiger partial charge in [-0.15, -0.1) is 11.3 Å². The van der Waals surface area contributed by atoms with Gasteiger partial charge in [0.1, 0.15) is 6.17 Å². The van der Waals surface area contributed by atoms with Gasteiger partial charge in [-0.1, -0.05) is 18.7 Å². The summed E-state index contributed by atoms with van der Waals surface area (Å²) >= 11 is 3.86. The molecular weight excluding hydrogens is 424 g/mol. The van der Waals surface area contributed by atoms with Crippen molar-refractivity contribution in [2.24, 2.45) is 0 Å². The SMILES string of the molecule is C=C(C#N)c1c(I)sc2c(NC3CCN(C)CC3F)cccc12. The second-order valence-electron chi connectivity index (χ2n) is 5.84. The standard InChI is InChI=1S/C17H17FIN3S/c1-10(8-20)15-11-4-3-5-14(16(11)23-17(15)19)21-13-6-7-22(2)9-12(13)18/h3-5,12-13,21H,1,6-7,9H2,2H3. The van der Waals surface area contributed by atoms with Crippen molar-refractivity contribution in [3.05, 3.63) is 33.2 Å². The number of nitrogens with one attached hydrogen (secondary N) is 1. The molecule has 2 atom stereocenters. The molecular formula is C17H17FIN3S. The van der Waals surface area contributed by atoms with Gasteiger partial charge < -0.3 is 10.2 Å². The van der Waals surface area contributed by atoms with E-state index in [0.717, 1.165) is 37.2 Å². The van der Waals surface area contributed by atoms with Crippen LogP contribution in [0.2, 0.25) is 0 Å². The monoisotopic (exact) mass is 441 g/mol. The molecule has 0 amide bonds. The Hall–Kier alpha value is -1.17. The van der Waals surface area contributed by atoms with Gasteiger partial charge in [0.05, 0.1) is 31.0 Å². The lowest BCUT2D eigenvalue weighted by molar-refractivity contribution is 0.149. The number of benzene rings is 1. The van der Waals surface area contributed by atoms with Gasteiger partial charge in [-0.25, -0.2) is 4.39 Å². The number of nitriles is 1. The Kier molecular flexibility index (Phi) is 4.90. The molecule has 0 radical (unpaired) electrons. The normalized spacial score (nSPS) is 22.0. The van der Waals surface area contributed by atoms with Crippen molar-refractivity contribution < 1.29 is 4.39 Å². The van der Waals surface area contributed by atoms with Crippen LogP contribution in [-0.4, -0.2) is 37.3 Å². The molecule has 2 unspecified atom stereocenters. The molecule has 1 saturated heterocycles. The number of halogens is 2. The van der Waals surface area contributed by atoms with Gasteiger partial charge >= 0.3 is 0 Å². The molecule has 120 valence electrons. The highest BCUT2D eigenvalue weighted by molar-refractivity contribution is 14.1. The van der Waals surface area contributed by atoms with Crippen LogP contribution in [0.25, 0.3) is 15.7 Å². The number of anilines is 1. The van der Waals surface area contributed by atoms with Crippen molar-refractivity contribution in [1.29, 1.82) is 5.26 Å². The topological polar surface area (TPSA) is 39.1 Å². The molecule has 1 fully saturated rings. The molecule has 0 spiro atoms. The van der Waals surface area contributed by atoms with Gasteiger partial charge in [0.2, 0.25) is 0 Å². The zero-order chi connectivity index (χ0) is 16.6. The van der Waals surface area contributed by atoms with E-state index < -0.39 is 6.17 Å². The van der Waals surface area contributed by atoms with Gasteiger partial charge in [-0.3, -0.25) is 0 Å². The van der Waals surface area contributed by atoms with Crippen molar-refractivity contribution >= 4 is 55.3 Å². The van der Waals surface area contributed by atoms with Crippen LogP contribution in [0.5, 0.6) is 0 Å². The molecule has 0 bridgehead atoms. The van der Waals surface area contributed by atoms with E-state index in [9.17, 15) is 4.39 Å². The highest BCUT2D eigenvalue weighted by Crippen LogP contribution is 2.40. The zero-order valence-corrected chi connectivity index (χ0v) is 15.7. The summed E-state index contributed by atoms with van der Waals surface area (Å²) in [6.07, 6.45) is -0.0922. The second-order valence-corrected chi connectivity index (χ2v) is 8.67. The summed E-state index contributed by atoms with van der Waals surface area (Å²) in [5.74, 6) is 0. The van der Waals surface area contributed by atoms with E-state index in [1.165, 1.54) is 0 Å². The average molecular weight is 441 g/mol. The lowest BCUT2D eigenvalue weighted by atomic mass is 10.0. The van der Waals surface area contributed by atoms with E-state index in [0.29, 0.717) is 12.1 Å². The molecule has 1 N–H and O–H groups in total. The minimum atomic E-state index is -0.878. The molecule has 6 heteroatoms. The van der Waals surface area contributed by atoms with E-state index in [1.54, 1.807) is 11.3 Å². The third-order valence-corrected chi connectivity index (χ3v) is 6.42. The van der Waals surface area contributed by atoms with Gasteiger partial charge in [0.25, 0.3) is 0 Å². The maximum absolute atomic E-state index is 14.3.